The maximum atomic E-state index is 12.0. The molecule has 0 saturated heterocycles. The molecule has 0 heterocycles. The standard InChI is InChI=1S/C16H25O5P/c1-12-7-8-13(16(2,3)4)14(11-12)21-15(17)9-10-22(18,19-5)20-6/h7-8,11H,9-10H2,1-6H3. The van der Waals surface area contributed by atoms with E-state index in [1.54, 1.807) is 0 Å². The van der Waals surface area contributed by atoms with Gasteiger partial charge in [-0.3, -0.25) is 9.36 Å². The number of hydrogen-bond donors (Lipinski definition) is 0. The van der Waals surface area contributed by atoms with Gasteiger partial charge in [-0.2, -0.15) is 0 Å². The molecule has 0 bridgehead atoms. The van der Waals surface area contributed by atoms with Crippen molar-refractivity contribution in [2.24, 2.45) is 0 Å². The van der Waals surface area contributed by atoms with Gasteiger partial charge in [0.25, 0.3) is 0 Å². The minimum atomic E-state index is -3.19. The van der Waals surface area contributed by atoms with Crippen LogP contribution >= 0.6 is 7.60 Å². The Balaban J connectivity index is 2.85. The first-order chi connectivity index (χ1) is 10.1. The molecule has 5 nitrogen and oxygen atoms in total. The highest BCUT2D eigenvalue weighted by Crippen LogP contribution is 2.46. The summed E-state index contributed by atoms with van der Waals surface area (Å²) in [7, 11) is -0.596. The SMILES string of the molecule is COP(=O)(CCC(=O)Oc1cc(C)ccc1C(C)(C)C)OC. The van der Waals surface area contributed by atoms with Gasteiger partial charge >= 0.3 is 13.6 Å². The number of ether oxygens (including phenoxy) is 1. The molecule has 0 saturated carbocycles. The van der Waals surface area contributed by atoms with Gasteiger partial charge in [0, 0.05) is 19.8 Å². The van der Waals surface area contributed by atoms with Crippen LogP contribution in [0.2, 0.25) is 0 Å². The third-order valence-corrected chi connectivity index (χ3v) is 5.20. The highest BCUT2D eigenvalue weighted by molar-refractivity contribution is 7.53. The molecule has 1 aromatic carbocycles. The molecule has 0 atom stereocenters. The number of carbonyl (C=O) groups excluding carboxylic acids is 1. The fourth-order valence-electron chi connectivity index (χ4n) is 1.99. The predicted molar refractivity (Wildman–Crippen MR) is 86.6 cm³/mol. The zero-order valence-corrected chi connectivity index (χ0v) is 15.0. The number of hydrogen-bond acceptors (Lipinski definition) is 5. The van der Waals surface area contributed by atoms with Crippen LogP contribution in [0.15, 0.2) is 18.2 Å². The third-order valence-electron chi connectivity index (χ3n) is 3.32. The summed E-state index contributed by atoms with van der Waals surface area (Å²) in [6.45, 7) is 8.10. The molecule has 0 aliphatic rings. The van der Waals surface area contributed by atoms with E-state index in [0.717, 1.165) is 11.1 Å². The highest BCUT2D eigenvalue weighted by Gasteiger charge is 2.24. The molecule has 0 amide bonds. The van der Waals surface area contributed by atoms with Gasteiger partial charge in [-0.05, 0) is 24.0 Å². The maximum Gasteiger partial charge on any atom is 0.330 e. The molecular weight excluding hydrogens is 303 g/mol. The summed E-state index contributed by atoms with van der Waals surface area (Å²) in [6.07, 6.45) is -0.0357. The van der Waals surface area contributed by atoms with E-state index in [2.05, 4.69) is 20.8 Å². The Bertz CT molecular complexity index is 566. The summed E-state index contributed by atoms with van der Waals surface area (Å²) in [6, 6.07) is 5.79. The molecule has 0 spiro atoms. The van der Waals surface area contributed by atoms with Crippen molar-refractivity contribution in [1.29, 1.82) is 0 Å². The Hall–Kier alpha value is -1.16. The van der Waals surface area contributed by atoms with Crippen LogP contribution in [-0.2, 0) is 23.8 Å². The van der Waals surface area contributed by atoms with Gasteiger partial charge in [0.2, 0.25) is 0 Å². The molecule has 22 heavy (non-hydrogen) atoms. The van der Waals surface area contributed by atoms with Crippen molar-refractivity contribution >= 4 is 13.6 Å². The van der Waals surface area contributed by atoms with Crippen LogP contribution in [0.25, 0.3) is 0 Å². The number of rotatable bonds is 6. The van der Waals surface area contributed by atoms with E-state index < -0.39 is 13.6 Å². The molecule has 124 valence electrons. The van der Waals surface area contributed by atoms with Gasteiger partial charge in [0.15, 0.2) is 0 Å². The highest BCUT2D eigenvalue weighted by atomic mass is 31.2. The molecule has 0 N–H and O–H groups in total. The molecule has 0 fully saturated rings. The Morgan fingerprint density at radius 3 is 2.27 bits per heavy atom. The van der Waals surface area contributed by atoms with Crippen LogP contribution in [0.5, 0.6) is 5.75 Å². The van der Waals surface area contributed by atoms with Crippen LogP contribution in [0.4, 0.5) is 0 Å². The summed E-state index contributed by atoms with van der Waals surface area (Å²) in [5, 5.41) is 0. The van der Waals surface area contributed by atoms with E-state index in [0.29, 0.717) is 5.75 Å². The third kappa shape index (κ3) is 5.24. The quantitative estimate of drug-likeness (QED) is 0.447. The first-order valence-corrected chi connectivity index (χ1v) is 8.86. The van der Waals surface area contributed by atoms with Crippen LogP contribution in [-0.4, -0.2) is 26.4 Å². The summed E-state index contributed by atoms with van der Waals surface area (Å²) in [5.41, 5.74) is 1.82. The van der Waals surface area contributed by atoms with Crippen LogP contribution < -0.4 is 4.74 Å². The van der Waals surface area contributed by atoms with Crippen molar-refractivity contribution in [2.75, 3.05) is 20.4 Å². The van der Waals surface area contributed by atoms with Gasteiger partial charge < -0.3 is 13.8 Å². The predicted octanol–water partition coefficient (Wildman–Crippen LogP) is 4.07. The lowest BCUT2D eigenvalue weighted by Crippen LogP contribution is -2.17. The summed E-state index contributed by atoms with van der Waals surface area (Å²) in [5.74, 6) is 0.0904. The van der Waals surface area contributed by atoms with Crippen molar-refractivity contribution in [3.63, 3.8) is 0 Å². The van der Waals surface area contributed by atoms with Gasteiger partial charge in [0.1, 0.15) is 5.75 Å². The lowest BCUT2D eigenvalue weighted by molar-refractivity contribution is -0.134. The van der Waals surface area contributed by atoms with Crippen LogP contribution in [0.3, 0.4) is 0 Å². The number of carbonyl (C=O) groups is 1. The van der Waals surface area contributed by atoms with Gasteiger partial charge in [-0.1, -0.05) is 32.9 Å². The van der Waals surface area contributed by atoms with Crippen molar-refractivity contribution in [3.05, 3.63) is 29.3 Å². The summed E-state index contributed by atoms with van der Waals surface area (Å²) in [4.78, 5) is 12.0. The van der Waals surface area contributed by atoms with E-state index in [9.17, 15) is 9.36 Å². The lowest BCUT2D eigenvalue weighted by atomic mass is 9.86. The number of benzene rings is 1. The molecule has 0 aliphatic carbocycles. The fraction of sp³-hybridized carbons (Fsp3) is 0.562. The second-order valence-corrected chi connectivity index (χ2v) is 8.57. The Kier molecular flexibility index (Phi) is 6.36. The lowest BCUT2D eigenvalue weighted by Gasteiger charge is -2.22. The Morgan fingerprint density at radius 2 is 1.77 bits per heavy atom. The van der Waals surface area contributed by atoms with E-state index >= 15 is 0 Å². The zero-order valence-electron chi connectivity index (χ0n) is 14.1. The van der Waals surface area contributed by atoms with Gasteiger partial charge in [0.05, 0.1) is 12.6 Å². The smallest absolute Gasteiger partial charge is 0.330 e. The molecule has 0 radical (unpaired) electrons. The minimum absolute atomic E-state index is 0.00446. The molecule has 0 aliphatic heterocycles. The first-order valence-electron chi connectivity index (χ1n) is 7.13. The Labute approximate surface area is 132 Å². The Morgan fingerprint density at radius 1 is 1.18 bits per heavy atom. The average Bonchev–Trinajstić information content (AvgIpc) is 2.43. The maximum absolute atomic E-state index is 12.0. The van der Waals surface area contributed by atoms with Crippen LogP contribution in [0.1, 0.15) is 38.3 Å². The van der Waals surface area contributed by atoms with E-state index in [-0.39, 0.29) is 18.0 Å². The van der Waals surface area contributed by atoms with Gasteiger partial charge in [-0.25, -0.2) is 0 Å². The van der Waals surface area contributed by atoms with Gasteiger partial charge in [-0.15, -0.1) is 0 Å². The molecule has 0 unspecified atom stereocenters. The second-order valence-electron chi connectivity index (χ2n) is 6.17. The molecule has 1 rings (SSSR count). The van der Waals surface area contributed by atoms with E-state index in [1.807, 2.05) is 25.1 Å². The zero-order chi connectivity index (χ0) is 17.0. The monoisotopic (exact) mass is 328 g/mol. The van der Waals surface area contributed by atoms with Crippen molar-refractivity contribution < 1.29 is 23.1 Å². The van der Waals surface area contributed by atoms with Crippen LogP contribution in [0, 0.1) is 6.92 Å². The normalized spacial score (nSPS) is 12.3. The summed E-state index contributed by atoms with van der Waals surface area (Å²) >= 11 is 0. The molecular formula is C16H25O5P. The summed E-state index contributed by atoms with van der Waals surface area (Å²) < 4.78 is 27.0. The molecule has 0 aromatic heterocycles. The average molecular weight is 328 g/mol. The van der Waals surface area contributed by atoms with E-state index in [4.69, 9.17) is 13.8 Å². The van der Waals surface area contributed by atoms with Crippen molar-refractivity contribution in [3.8, 4) is 5.75 Å². The van der Waals surface area contributed by atoms with Crippen molar-refractivity contribution in [2.45, 2.75) is 39.5 Å². The number of esters is 1. The topological polar surface area (TPSA) is 61.8 Å². The largest absolute Gasteiger partial charge is 0.426 e. The van der Waals surface area contributed by atoms with E-state index in [1.165, 1.54) is 14.2 Å². The first kappa shape index (κ1) is 18.9. The second kappa shape index (κ2) is 7.40. The molecule has 1 aromatic rings. The van der Waals surface area contributed by atoms with Crippen molar-refractivity contribution in [1.82, 2.24) is 0 Å². The fourth-order valence-corrected chi connectivity index (χ4v) is 2.96. The molecule has 6 heteroatoms. The minimum Gasteiger partial charge on any atom is -0.426 e. The number of aryl methyl sites for hydroxylation is 1.